The van der Waals surface area contributed by atoms with Gasteiger partial charge in [0, 0.05) is 6.42 Å². The van der Waals surface area contributed by atoms with Crippen LogP contribution in [0.25, 0.3) is 0 Å². The SMILES string of the molecule is FCC(F)(F)C(F)(F)C(F)(F)C(F)CC1CO1. The number of rotatable bonds is 6. The first-order chi connectivity index (χ1) is 7.56. The molecule has 0 spiro atoms. The van der Waals surface area contributed by atoms with Crippen molar-refractivity contribution >= 4 is 0 Å². The first-order valence-electron chi connectivity index (χ1n) is 4.51. The summed E-state index contributed by atoms with van der Waals surface area (Å²) in [4.78, 5) is 0. The van der Waals surface area contributed by atoms with Gasteiger partial charge in [0.15, 0.2) is 12.8 Å². The lowest BCUT2D eigenvalue weighted by Gasteiger charge is -2.32. The largest absolute Gasteiger partial charge is 0.377 e. The standard InChI is InChI=1S/C8H8F8O/c9-3-6(11,12)8(15,16)7(13,14)5(10)1-4-2-17-4/h4-5H,1-3H2. The maximum absolute atomic E-state index is 12.9. The summed E-state index contributed by atoms with van der Waals surface area (Å²) < 4.78 is 105. The van der Waals surface area contributed by atoms with E-state index in [1.165, 1.54) is 0 Å². The van der Waals surface area contributed by atoms with Crippen LogP contribution >= 0.6 is 0 Å². The molecule has 17 heavy (non-hydrogen) atoms. The minimum Gasteiger partial charge on any atom is -0.373 e. The van der Waals surface area contributed by atoms with E-state index in [0.29, 0.717) is 0 Å². The smallest absolute Gasteiger partial charge is 0.373 e. The highest BCUT2D eigenvalue weighted by Crippen LogP contribution is 2.49. The predicted molar refractivity (Wildman–Crippen MR) is 40.1 cm³/mol. The second-order valence-electron chi connectivity index (χ2n) is 3.69. The molecule has 1 aliphatic heterocycles. The van der Waals surface area contributed by atoms with Gasteiger partial charge in [0.25, 0.3) is 0 Å². The Morgan fingerprint density at radius 3 is 1.94 bits per heavy atom. The van der Waals surface area contributed by atoms with Crippen LogP contribution in [0.4, 0.5) is 35.1 Å². The van der Waals surface area contributed by atoms with Crippen molar-refractivity contribution in [2.24, 2.45) is 0 Å². The molecular formula is C8H8F8O. The van der Waals surface area contributed by atoms with Crippen molar-refractivity contribution in [3.8, 4) is 0 Å². The third-order valence-corrected chi connectivity index (χ3v) is 2.31. The van der Waals surface area contributed by atoms with Gasteiger partial charge in [-0.05, 0) is 0 Å². The molecule has 1 saturated heterocycles. The fraction of sp³-hybridized carbons (Fsp3) is 1.00. The van der Waals surface area contributed by atoms with E-state index in [1.807, 2.05) is 0 Å². The molecule has 1 rings (SSSR count). The number of alkyl halides is 8. The minimum atomic E-state index is -6.09. The van der Waals surface area contributed by atoms with Crippen molar-refractivity contribution < 1.29 is 39.9 Å². The molecule has 1 aliphatic rings. The van der Waals surface area contributed by atoms with Crippen molar-refractivity contribution in [2.45, 2.75) is 36.5 Å². The lowest BCUT2D eigenvalue weighted by Crippen LogP contribution is -2.59. The van der Waals surface area contributed by atoms with E-state index in [0.717, 1.165) is 0 Å². The van der Waals surface area contributed by atoms with Gasteiger partial charge in [0.1, 0.15) is 0 Å². The zero-order valence-electron chi connectivity index (χ0n) is 8.21. The molecule has 0 aromatic heterocycles. The Labute approximate surface area is 90.7 Å². The summed E-state index contributed by atoms with van der Waals surface area (Å²) >= 11 is 0. The summed E-state index contributed by atoms with van der Waals surface area (Å²) in [6, 6.07) is 0. The summed E-state index contributed by atoms with van der Waals surface area (Å²) in [6.45, 7) is -3.09. The molecule has 0 aromatic carbocycles. The topological polar surface area (TPSA) is 12.5 Å². The Bertz CT molecular complexity index is 275. The molecule has 0 amide bonds. The molecule has 0 saturated carbocycles. The Morgan fingerprint density at radius 2 is 1.59 bits per heavy atom. The summed E-state index contributed by atoms with van der Waals surface area (Å²) in [6.07, 6.45) is -5.64. The summed E-state index contributed by atoms with van der Waals surface area (Å²) in [5.41, 5.74) is 0. The average Bonchev–Trinajstić information content (AvgIpc) is 3.00. The van der Waals surface area contributed by atoms with Crippen LogP contribution in [0.15, 0.2) is 0 Å². The maximum Gasteiger partial charge on any atom is 0.377 e. The lowest BCUT2D eigenvalue weighted by atomic mass is 9.98. The van der Waals surface area contributed by atoms with Crippen molar-refractivity contribution in [1.82, 2.24) is 0 Å². The van der Waals surface area contributed by atoms with Crippen molar-refractivity contribution in [2.75, 3.05) is 13.3 Å². The number of epoxide rings is 1. The number of hydrogen-bond acceptors (Lipinski definition) is 1. The summed E-state index contributed by atoms with van der Waals surface area (Å²) in [5, 5.41) is 0. The van der Waals surface area contributed by atoms with Crippen LogP contribution in [-0.2, 0) is 4.74 Å². The number of ether oxygens (including phenoxy) is 1. The van der Waals surface area contributed by atoms with Gasteiger partial charge in [0.05, 0.1) is 12.7 Å². The second-order valence-corrected chi connectivity index (χ2v) is 3.69. The molecule has 0 aliphatic carbocycles. The Balaban J connectivity index is 2.85. The second kappa shape index (κ2) is 4.25. The van der Waals surface area contributed by atoms with Gasteiger partial charge in [-0.2, -0.15) is 26.3 Å². The monoisotopic (exact) mass is 272 g/mol. The Hall–Kier alpha value is -0.600. The summed E-state index contributed by atoms with van der Waals surface area (Å²) in [5.74, 6) is -17.4. The van der Waals surface area contributed by atoms with Crippen LogP contribution in [0.5, 0.6) is 0 Å². The van der Waals surface area contributed by atoms with E-state index < -0.39 is 43.1 Å². The van der Waals surface area contributed by atoms with Gasteiger partial charge >= 0.3 is 17.8 Å². The quantitative estimate of drug-likeness (QED) is 0.535. The number of hydrogen-bond donors (Lipinski definition) is 0. The van der Waals surface area contributed by atoms with E-state index in [4.69, 9.17) is 0 Å². The van der Waals surface area contributed by atoms with Crippen molar-refractivity contribution in [1.29, 1.82) is 0 Å². The van der Waals surface area contributed by atoms with Crippen LogP contribution in [0, 0.1) is 0 Å². The van der Waals surface area contributed by atoms with Gasteiger partial charge in [-0.1, -0.05) is 0 Å². The highest BCUT2D eigenvalue weighted by atomic mass is 19.4. The normalized spacial score (nSPS) is 23.6. The molecule has 2 atom stereocenters. The molecule has 0 bridgehead atoms. The highest BCUT2D eigenvalue weighted by Gasteiger charge is 2.74. The first-order valence-corrected chi connectivity index (χ1v) is 4.51. The van der Waals surface area contributed by atoms with E-state index >= 15 is 0 Å². The molecule has 102 valence electrons. The van der Waals surface area contributed by atoms with Gasteiger partial charge in [-0.15, -0.1) is 0 Å². The van der Waals surface area contributed by atoms with Gasteiger partial charge in [-0.25, -0.2) is 8.78 Å². The molecular weight excluding hydrogens is 264 g/mol. The molecule has 1 fully saturated rings. The van der Waals surface area contributed by atoms with Gasteiger partial charge in [-0.3, -0.25) is 0 Å². The average molecular weight is 272 g/mol. The molecule has 9 heteroatoms. The Kier molecular flexibility index (Phi) is 3.62. The zero-order chi connectivity index (χ0) is 13.5. The molecule has 0 N–H and O–H groups in total. The van der Waals surface area contributed by atoms with Gasteiger partial charge < -0.3 is 4.74 Å². The fourth-order valence-corrected chi connectivity index (χ4v) is 1.11. The third kappa shape index (κ3) is 2.48. The van der Waals surface area contributed by atoms with Crippen molar-refractivity contribution in [3.63, 3.8) is 0 Å². The van der Waals surface area contributed by atoms with Crippen LogP contribution in [-0.4, -0.2) is 43.3 Å². The van der Waals surface area contributed by atoms with Gasteiger partial charge in [0.2, 0.25) is 0 Å². The molecule has 1 nitrogen and oxygen atoms in total. The van der Waals surface area contributed by atoms with Crippen LogP contribution in [0.3, 0.4) is 0 Å². The lowest BCUT2D eigenvalue weighted by molar-refractivity contribution is -0.327. The molecule has 2 unspecified atom stereocenters. The van der Waals surface area contributed by atoms with E-state index in [1.54, 1.807) is 0 Å². The van der Waals surface area contributed by atoms with Crippen LogP contribution < -0.4 is 0 Å². The number of halogens is 8. The predicted octanol–water partition coefficient (Wildman–Crippen LogP) is 2.99. The van der Waals surface area contributed by atoms with E-state index in [-0.39, 0.29) is 6.61 Å². The summed E-state index contributed by atoms with van der Waals surface area (Å²) in [7, 11) is 0. The maximum atomic E-state index is 12.9. The third-order valence-electron chi connectivity index (χ3n) is 2.31. The van der Waals surface area contributed by atoms with Crippen molar-refractivity contribution in [3.05, 3.63) is 0 Å². The van der Waals surface area contributed by atoms with E-state index in [9.17, 15) is 35.1 Å². The van der Waals surface area contributed by atoms with E-state index in [2.05, 4.69) is 4.74 Å². The Morgan fingerprint density at radius 1 is 1.12 bits per heavy atom. The highest BCUT2D eigenvalue weighted by molar-refractivity contribution is 5.01. The first kappa shape index (κ1) is 14.5. The molecule has 0 radical (unpaired) electrons. The molecule has 0 aromatic rings. The zero-order valence-corrected chi connectivity index (χ0v) is 8.21. The fourth-order valence-electron chi connectivity index (χ4n) is 1.11. The minimum absolute atomic E-state index is 0.0957. The van der Waals surface area contributed by atoms with Crippen LogP contribution in [0.1, 0.15) is 6.42 Å². The molecule has 1 heterocycles. The van der Waals surface area contributed by atoms with Crippen LogP contribution in [0.2, 0.25) is 0 Å².